The summed E-state index contributed by atoms with van der Waals surface area (Å²) in [7, 11) is 0. The average molecular weight is 294 g/mol. The zero-order valence-corrected chi connectivity index (χ0v) is 11.7. The number of carbonyl (C=O) groups excluding carboxylic acids is 1. The molecule has 1 N–H and O–H groups in total. The lowest BCUT2D eigenvalue weighted by molar-refractivity contribution is -0.117. The molecule has 2 aromatic heterocycles. The van der Waals surface area contributed by atoms with E-state index in [0.29, 0.717) is 0 Å². The number of carbonyl (C=O) groups is 1. The van der Waals surface area contributed by atoms with Crippen molar-refractivity contribution in [2.24, 2.45) is 5.92 Å². The van der Waals surface area contributed by atoms with Crippen molar-refractivity contribution >= 4 is 11.6 Å². The molecule has 22 heavy (non-hydrogen) atoms. The third-order valence-electron chi connectivity index (χ3n) is 3.82. The maximum atomic E-state index is 12.2. The molecule has 1 saturated carbocycles. The second kappa shape index (κ2) is 5.14. The third-order valence-corrected chi connectivity index (χ3v) is 3.82. The number of benzene rings is 1. The van der Waals surface area contributed by atoms with Crippen molar-refractivity contribution in [3.8, 4) is 5.69 Å². The van der Waals surface area contributed by atoms with Gasteiger partial charge < -0.3 is 9.73 Å². The molecule has 0 aliphatic heterocycles. The summed E-state index contributed by atoms with van der Waals surface area (Å²) in [5, 5.41) is 11.1. The van der Waals surface area contributed by atoms with Gasteiger partial charge >= 0.3 is 0 Å². The first-order valence-corrected chi connectivity index (χ1v) is 7.12. The Hall–Kier alpha value is -2.89. The van der Waals surface area contributed by atoms with Gasteiger partial charge in [-0.15, -0.1) is 0 Å². The van der Waals surface area contributed by atoms with Gasteiger partial charge in [0.2, 0.25) is 5.91 Å². The minimum atomic E-state index is -0.00129. The van der Waals surface area contributed by atoms with Crippen LogP contribution in [-0.2, 0) is 4.79 Å². The first-order valence-electron chi connectivity index (χ1n) is 7.12. The Morgan fingerprint density at radius 1 is 1.18 bits per heavy atom. The first kappa shape index (κ1) is 12.8. The summed E-state index contributed by atoms with van der Waals surface area (Å²) in [6.07, 6.45) is 5.73. The van der Waals surface area contributed by atoms with Gasteiger partial charge in [-0.1, -0.05) is 0 Å². The van der Waals surface area contributed by atoms with Crippen molar-refractivity contribution in [2.75, 3.05) is 5.32 Å². The number of nitrogens with one attached hydrogen (secondary N) is 1. The van der Waals surface area contributed by atoms with E-state index in [2.05, 4.69) is 15.5 Å². The molecule has 2 atom stereocenters. The summed E-state index contributed by atoms with van der Waals surface area (Å²) in [5.74, 6) is 1.13. The molecule has 6 nitrogen and oxygen atoms in total. The molecule has 1 aliphatic rings. The molecule has 4 rings (SSSR count). The van der Waals surface area contributed by atoms with Gasteiger partial charge in [-0.3, -0.25) is 4.79 Å². The van der Waals surface area contributed by atoms with Crippen LogP contribution in [0.25, 0.3) is 5.69 Å². The minimum Gasteiger partial charge on any atom is -0.469 e. The standard InChI is InChI=1S/C16H14N4O2/c21-16(14-10-13(14)15-2-1-9-22-15)19-11-3-5-12(6-4-11)20-17-7-8-18-20/h1-9,13-14H,10H2,(H,19,21)/t13-,14+/m1/s1. The van der Waals surface area contributed by atoms with E-state index in [4.69, 9.17) is 4.42 Å². The fraction of sp³-hybridized carbons (Fsp3) is 0.188. The van der Waals surface area contributed by atoms with E-state index in [0.717, 1.165) is 23.6 Å². The van der Waals surface area contributed by atoms with Crippen molar-refractivity contribution in [1.29, 1.82) is 0 Å². The summed E-state index contributed by atoms with van der Waals surface area (Å²) in [6, 6.07) is 11.2. The highest BCUT2D eigenvalue weighted by molar-refractivity contribution is 5.95. The van der Waals surface area contributed by atoms with Crippen molar-refractivity contribution in [3.05, 3.63) is 60.8 Å². The number of nitrogens with zero attached hydrogens (tertiary/aromatic N) is 3. The van der Waals surface area contributed by atoms with Crippen LogP contribution in [0.2, 0.25) is 0 Å². The summed E-state index contributed by atoms with van der Waals surface area (Å²) in [5.41, 5.74) is 1.62. The van der Waals surface area contributed by atoms with E-state index in [9.17, 15) is 4.79 Å². The van der Waals surface area contributed by atoms with Gasteiger partial charge in [-0.05, 0) is 42.8 Å². The highest BCUT2D eigenvalue weighted by Crippen LogP contribution is 2.48. The third kappa shape index (κ3) is 2.39. The number of hydrogen-bond acceptors (Lipinski definition) is 4. The number of anilines is 1. The highest BCUT2D eigenvalue weighted by atomic mass is 16.3. The molecule has 110 valence electrons. The van der Waals surface area contributed by atoms with Crippen LogP contribution in [0.15, 0.2) is 59.5 Å². The second-order valence-corrected chi connectivity index (χ2v) is 5.32. The number of hydrogen-bond donors (Lipinski definition) is 1. The first-order chi connectivity index (χ1) is 10.8. The Morgan fingerprint density at radius 3 is 2.64 bits per heavy atom. The Kier molecular flexibility index (Phi) is 3.00. The van der Waals surface area contributed by atoms with E-state index in [1.807, 2.05) is 36.4 Å². The molecule has 1 fully saturated rings. The Labute approximate surface area is 126 Å². The van der Waals surface area contributed by atoms with Gasteiger partial charge in [0.25, 0.3) is 0 Å². The molecule has 0 spiro atoms. The minimum absolute atomic E-state index is 0.00129. The molecule has 0 unspecified atom stereocenters. The number of rotatable bonds is 4. The van der Waals surface area contributed by atoms with Crippen LogP contribution in [-0.4, -0.2) is 20.9 Å². The molecular weight excluding hydrogens is 280 g/mol. The van der Waals surface area contributed by atoms with Crippen molar-refractivity contribution in [3.63, 3.8) is 0 Å². The summed E-state index contributed by atoms with van der Waals surface area (Å²) in [4.78, 5) is 13.7. The average Bonchev–Trinajstić information content (AvgIpc) is 2.97. The maximum absolute atomic E-state index is 12.2. The molecule has 1 amide bonds. The zero-order valence-electron chi connectivity index (χ0n) is 11.7. The molecule has 2 heterocycles. The normalized spacial score (nSPS) is 19.8. The smallest absolute Gasteiger partial charge is 0.228 e. The van der Waals surface area contributed by atoms with Gasteiger partial charge in [0, 0.05) is 17.5 Å². The van der Waals surface area contributed by atoms with Crippen LogP contribution in [0.3, 0.4) is 0 Å². The van der Waals surface area contributed by atoms with Gasteiger partial charge in [-0.2, -0.15) is 15.0 Å². The Bertz CT molecular complexity index is 763. The van der Waals surface area contributed by atoms with Gasteiger partial charge in [0.05, 0.1) is 24.3 Å². The highest BCUT2D eigenvalue weighted by Gasteiger charge is 2.45. The molecule has 0 saturated heterocycles. The van der Waals surface area contributed by atoms with E-state index in [1.54, 1.807) is 18.7 Å². The molecule has 6 heteroatoms. The SMILES string of the molecule is O=C(Nc1ccc(-n2nccn2)cc1)[C@H]1C[C@H]1c1ccco1. The van der Waals surface area contributed by atoms with Crippen LogP contribution in [0.4, 0.5) is 5.69 Å². The number of amides is 1. The lowest BCUT2D eigenvalue weighted by Gasteiger charge is -2.06. The van der Waals surface area contributed by atoms with Crippen LogP contribution < -0.4 is 5.32 Å². The fourth-order valence-corrected chi connectivity index (χ4v) is 2.56. The van der Waals surface area contributed by atoms with Crippen LogP contribution in [0, 0.1) is 5.92 Å². The maximum Gasteiger partial charge on any atom is 0.228 e. The molecule has 3 aromatic rings. The Morgan fingerprint density at radius 2 is 1.95 bits per heavy atom. The molecular formula is C16H14N4O2. The monoisotopic (exact) mass is 294 g/mol. The van der Waals surface area contributed by atoms with Crippen molar-refractivity contribution in [1.82, 2.24) is 15.0 Å². The molecule has 0 radical (unpaired) electrons. The fourth-order valence-electron chi connectivity index (χ4n) is 2.56. The van der Waals surface area contributed by atoms with Crippen LogP contribution in [0.5, 0.6) is 0 Å². The van der Waals surface area contributed by atoms with Gasteiger partial charge in [-0.25, -0.2) is 0 Å². The molecule has 0 bridgehead atoms. The summed E-state index contributed by atoms with van der Waals surface area (Å²) < 4.78 is 5.35. The van der Waals surface area contributed by atoms with Gasteiger partial charge in [0.15, 0.2) is 0 Å². The zero-order chi connectivity index (χ0) is 14.9. The number of furan rings is 1. The lowest BCUT2D eigenvalue weighted by Crippen LogP contribution is -2.14. The van der Waals surface area contributed by atoms with Crippen molar-refractivity contribution in [2.45, 2.75) is 12.3 Å². The molecule has 1 aliphatic carbocycles. The van der Waals surface area contributed by atoms with Crippen molar-refractivity contribution < 1.29 is 9.21 Å². The quantitative estimate of drug-likeness (QED) is 0.802. The van der Waals surface area contributed by atoms with E-state index < -0.39 is 0 Å². The van der Waals surface area contributed by atoms with Crippen LogP contribution in [0.1, 0.15) is 18.1 Å². The predicted octanol–water partition coefficient (Wildman–Crippen LogP) is 2.60. The molecule has 1 aromatic carbocycles. The predicted molar refractivity (Wildman–Crippen MR) is 79.5 cm³/mol. The topological polar surface area (TPSA) is 73.0 Å². The van der Waals surface area contributed by atoms with E-state index >= 15 is 0 Å². The lowest BCUT2D eigenvalue weighted by atomic mass is 10.2. The largest absolute Gasteiger partial charge is 0.469 e. The van der Waals surface area contributed by atoms with Crippen LogP contribution >= 0.6 is 0 Å². The van der Waals surface area contributed by atoms with E-state index in [1.165, 1.54) is 4.80 Å². The summed E-state index contributed by atoms with van der Waals surface area (Å²) in [6.45, 7) is 0. The van der Waals surface area contributed by atoms with E-state index in [-0.39, 0.29) is 17.7 Å². The summed E-state index contributed by atoms with van der Waals surface area (Å²) >= 11 is 0. The number of aromatic nitrogens is 3. The Balaban J connectivity index is 1.40. The second-order valence-electron chi connectivity index (χ2n) is 5.32. The van der Waals surface area contributed by atoms with Gasteiger partial charge in [0.1, 0.15) is 5.76 Å².